The highest BCUT2D eigenvalue weighted by Gasteiger charge is 2.20. The Morgan fingerprint density at radius 2 is 2.22 bits per heavy atom. The Bertz CT molecular complexity index is 75.0. The van der Waals surface area contributed by atoms with Crippen LogP contribution in [-0.2, 0) is 4.74 Å². The standard InChI is InChI=1S/C7H15NO/c1-3-6-5-9-7(4-2)8-6/h6-8H,3-5H2,1-2H3. The molecule has 0 radical (unpaired) electrons. The molecule has 0 aromatic heterocycles. The van der Waals surface area contributed by atoms with Crippen LogP contribution in [0.25, 0.3) is 0 Å². The second-order valence-electron chi connectivity index (χ2n) is 2.50. The molecule has 1 heterocycles. The van der Waals surface area contributed by atoms with Crippen molar-refractivity contribution in [1.82, 2.24) is 5.32 Å². The van der Waals surface area contributed by atoms with E-state index in [-0.39, 0.29) is 0 Å². The fourth-order valence-electron chi connectivity index (χ4n) is 1.06. The molecule has 1 aliphatic rings. The number of rotatable bonds is 2. The minimum absolute atomic E-state index is 0.329. The average Bonchev–Trinajstić information content (AvgIpc) is 2.34. The first-order valence-corrected chi connectivity index (χ1v) is 3.74. The largest absolute Gasteiger partial charge is 0.362 e. The SMILES string of the molecule is CCC1COC(CC)N1. The first-order chi connectivity index (χ1) is 4.36. The fraction of sp³-hybridized carbons (Fsp3) is 1.00. The highest BCUT2D eigenvalue weighted by Crippen LogP contribution is 2.07. The molecule has 0 spiro atoms. The van der Waals surface area contributed by atoms with Crippen LogP contribution < -0.4 is 5.32 Å². The van der Waals surface area contributed by atoms with Crippen molar-refractivity contribution in [2.75, 3.05) is 6.61 Å². The Morgan fingerprint density at radius 1 is 1.44 bits per heavy atom. The summed E-state index contributed by atoms with van der Waals surface area (Å²) in [5.41, 5.74) is 0. The molecular weight excluding hydrogens is 114 g/mol. The maximum Gasteiger partial charge on any atom is 0.108 e. The second-order valence-corrected chi connectivity index (χ2v) is 2.50. The van der Waals surface area contributed by atoms with Crippen LogP contribution in [0.1, 0.15) is 26.7 Å². The van der Waals surface area contributed by atoms with Crippen LogP contribution in [0, 0.1) is 0 Å². The van der Waals surface area contributed by atoms with Crippen LogP contribution in [-0.4, -0.2) is 18.9 Å². The van der Waals surface area contributed by atoms with Crippen LogP contribution in [0.5, 0.6) is 0 Å². The summed E-state index contributed by atoms with van der Waals surface area (Å²) >= 11 is 0. The molecule has 2 heteroatoms. The molecule has 2 atom stereocenters. The van der Waals surface area contributed by atoms with Gasteiger partial charge in [-0.05, 0) is 12.8 Å². The molecule has 0 aromatic carbocycles. The van der Waals surface area contributed by atoms with E-state index in [1.54, 1.807) is 0 Å². The van der Waals surface area contributed by atoms with Gasteiger partial charge in [-0.3, -0.25) is 5.32 Å². The van der Waals surface area contributed by atoms with Crippen molar-refractivity contribution in [2.24, 2.45) is 0 Å². The number of ether oxygens (including phenoxy) is 1. The molecule has 1 aliphatic heterocycles. The summed E-state index contributed by atoms with van der Waals surface area (Å²) in [7, 11) is 0. The summed E-state index contributed by atoms with van der Waals surface area (Å²) in [6.45, 7) is 5.21. The molecule has 1 N–H and O–H groups in total. The van der Waals surface area contributed by atoms with Crippen LogP contribution in [0.4, 0.5) is 0 Å². The van der Waals surface area contributed by atoms with Crippen LogP contribution in [0.15, 0.2) is 0 Å². The first-order valence-electron chi connectivity index (χ1n) is 3.74. The summed E-state index contributed by atoms with van der Waals surface area (Å²) in [6, 6.07) is 0.606. The average molecular weight is 129 g/mol. The first kappa shape index (κ1) is 7.03. The third-order valence-corrected chi connectivity index (χ3v) is 1.78. The van der Waals surface area contributed by atoms with Gasteiger partial charge in [0.2, 0.25) is 0 Å². The number of hydrogen-bond acceptors (Lipinski definition) is 2. The lowest BCUT2D eigenvalue weighted by atomic mass is 10.2. The van der Waals surface area contributed by atoms with Gasteiger partial charge in [0.15, 0.2) is 0 Å². The van der Waals surface area contributed by atoms with Crippen molar-refractivity contribution < 1.29 is 4.74 Å². The smallest absolute Gasteiger partial charge is 0.108 e. The minimum Gasteiger partial charge on any atom is -0.362 e. The number of nitrogens with one attached hydrogen (secondary N) is 1. The van der Waals surface area contributed by atoms with E-state index < -0.39 is 0 Å². The topological polar surface area (TPSA) is 21.3 Å². The van der Waals surface area contributed by atoms with Gasteiger partial charge in [0, 0.05) is 6.04 Å². The van der Waals surface area contributed by atoms with E-state index >= 15 is 0 Å². The molecule has 9 heavy (non-hydrogen) atoms. The fourth-order valence-corrected chi connectivity index (χ4v) is 1.06. The van der Waals surface area contributed by atoms with Gasteiger partial charge >= 0.3 is 0 Å². The van der Waals surface area contributed by atoms with E-state index in [4.69, 9.17) is 4.74 Å². The molecule has 0 amide bonds. The van der Waals surface area contributed by atoms with Gasteiger partial charge in [0.1, 0.15) is 6.23 Å². The van der Waals surface area contributed by atoms with E-state index in [2.05, 4.69) is 19.2 Å². The zero-order valence-electron chi connectivity index (χ0n) is 6.18. The zero-order valence-corrected chi connectivity index (χ0v) is 6.18. The minimum atomic E-state index is 0.329. The molecule has 0 aliphatic carbocycles. The van der Waals surface area contributed by atoms with Gasteiger partial charge < -0.3 is 4.74 Å². The monoisotopic (exact) mass is 129 g/mol. The quantitative estimate of drug-likeness (QED) is 0.603. The molecule has 0 aromatic rings. The Hall–Kier alpha value is -0.0800. The Labute approximate surface area is 56.6 Å². The van der Waals surface area contributed by atoms with Crippen molar-refractivity contribution in [3.05, 3.63) is 0 Å². The molecule has 2 nitrogen and oxygen atoms in total. The van der Waals surface area contributed by atoms with Gasteiger partial charge in [-0.1, -0.05) is 13.8 Å². The van der Waals surface area contributed by atoms with Crippen molar-refractivity contribution >= 4 is 0 Å². The van der Waals surface area contributed by atoms with Gasteiger partial charge in [-0.15, -0.1) is 0 Å². The van der Waals surface area contributed by atoms with Crippen molar-refractivity contribution in [3.8, 4) is 0 Å². The normalized spacial score (nSPS) is 35.3. The molecule has 2 unspecified atom stereocenters. The molecular formula is C7H15NO. The highest BCUT2D eigenvalue weighted by atomic mass is 16.5. The van der Waals surface area contributed by atoms with Crippen LogP contribution in [0.3, 0.4) is 0 Å². The summed E-state index contributed by atoms with van der Waals surface area (Å²) in [6.07, 6.45) is 2.59. The maximum absolute atomic E-state index is 5.39. The van der Waals surface area contributed by atoms with E-state index in [0.29, 0.717) is 12.3 Å². The highest BCUT2D eigenvalue weighted by molar-refractivity contribution is 4.72. The van der Waals surface area contributed by atoms with Crippen LogP contribution in [0.2, 0.25) is 0 Å². The van der Waals surface area contributed by atoms with E-state index in [1.165, 1.54) is 6.42 Å². The zero-order chi connectivity index (χ0) is 6.69. The third-order valence-electron chi connectivity index (χ3n) is 1.78. The molecule has 0 bridgehead atoms. The van der Waals surface area contributed by atoms with E-state index in [1.807, 2.05) is 0 Å². The molecule has 0 saturated carbocycles. The van der Waals surface area contributed by atoms with E-state index in [0.717, 1.165) is 13.0 Å². The second kappa shape index (κ2) is 3.18. The molecule has 1 saturated heterocycles. The summed E-state index contributed by atoms with van der Waals surface area (Å²) < 4.78 is 5.39. The van der Waals surface area contributed by atoms with Crippen molar-refractivity contribution in [3.63, 3.8) is 0 Å². The van der Waals surface area contributed by atoms with Crippen LogP contribution >= 0.6 is 0 Å². The summed E-state index contributed by atoms with van der Waals surface area (Å²) in [5, 5.41) is 3.37. The lowest BCUT2D eigenvalue weighted by Crippen LogP contribution is -2.29. The summed E-state index contributed by atoms with van der Waals surface area (Å²) in [4.78, 5) is 0. The van der Waals surface area contributed by atoms with Gasteiger partial charge in [0.05, 0.1) is 6.61 Å². The summed E-state index contributed by atoms with van der Waals surface area (Å²) in [5.74, 6) is 0. The predicted molar refractivity (Wildman–Crippen MR) is 37.2 cm³/mol. The Morgan fingerprint density at radius 3 is 2.56 bits per heavy atom. The molecule has 1 rings (SSSR count). The van der Waals surface area contributed by atoms with Crippen molar-refractivity contribution in [1.29, 1.82) is 0 Å². The Balaban J connectivity index is 2.20. The lowest BCUT2D eigenvalue weighted by molar-refractivity contribution is 0.0972. The van der Waals surface area contributed by atoms with Gasteiger partial charge in [-0.2, -0.15) is 0 Å². The molecule has 1 fully saturated rings. The maximum atomic E-state index is 5.39. The van der Waals surface area contributed by atoms with Gasteiger partial charge in [-0.25, -0.2) is 0 Å². The molecule has 54 valence electrons. The van der Waals surface area contributed by atoms with E-state index in [9.17, 15) is 0 Å². The number of hydrogen-bond donors (Lipinski definition) is 1. The van der Waals surface area contributed by atoms with Crippen molar-refractivity contribution in [2.45, 2.75) is 39.0 Å². The Kier molecular flexibility index (Phi) is 2.49. The lowest BCUT2D eigenvalue weighted by Gasteiger charge is -2.06. The predicted octanol–water partition coefficient (Wildman–Crippen LogP) is 1.12. The third kappa shape index (κ3) is 1.66. The van der Waals surface area contributed by atoms with Gasteiger partial charge in [0.25, 0.3) is 0 Å².